The van der Waals surface area contributed by atoms with Crippen molar-refractivity contribution in [2.75, 3.05) is 19.8 Å². The molecule has 26 heavy (non-hydrogen) atoms. The van der Waals surface area contributed by atoms with Crippen LogP contribution in [0, 0.1) is 5.92 Å². The Morgan fingerprint density at radius 2 is 2.15 bits per heavy atom. The Morgan fingerprint density at radius 1 is 1.23 bits per heavy atom. The number of hydrogen-bond acceptors (Lipinski definition) is 4. The summed E-state index contributed by atoms with van der Waals surface area (Å²) < 4.78 is 7.96. The van der Waals surface area contributed by atoms with Crippen LogP contribution < -0.4 is 10.6 Å². The van der Waals surface area contributed by atoms with Gasteiger partial charge in [0, 0.05) is 37.6 Å². The first-order valence-corrected chi connectivity index (χ1v) is 9.98. The van der Waals surface area contributed by atoms with E-state index in [1.54, 1.807) is 0 Å². The molecular formula is C21H30N4O. The van der Waals surface area contributed by atoms with Crippen molar-refractivity contribution in [3.63, 3.8) is 0 Å². The lowest BCUT2D eigenvalue weighted by molar-refractivity contribution is 0.0523. The predicted octanol–water partition coefficient (Wildman–Crippen LogP) is 2.37. The molecule has 1 aromatic carbocycles. The van der Waals surface area contributed by atoms with E-state index >= 15 is 0 Å². The molecule has 5 heteroatoms. The second-order valence-corrected chi connectivity index (χ2v) is 7.49. The zero-order valence-electron chi connectivity index (χ0n) is 15.4. The lowest BCUT2D eigenvalue weighted by Crippen LogP contribution is -2.50. The molecule has 2 aromatic rings. The highest BCUT2D eigenvalue weighted by Gasteiger charge is 2.34. The van der Waals surface area contributed by atoms with E-state index in [4.69, 9.17) is 4.74 Å². The molecule has 140 valence electrons. The van der Waals surface area contributed by atoms with Crippen LogP contribution in [0.4, 0.5) is 0 Å². The molecule has 3 unspecified atom stereocenters. The van der Waals surface area contributed by atoms with E-state index < -0.39 is 0 Å². The Bertz CT molecular complexity index is 666. The fourth-order valence-corrected chi connectivity index (χ4v) is 4.41. The minimum atomic E-state index is 0.501. The van der Waals surface area contributed by atoms with Crippen LogP contribution in [0.25, 0.3) is 0 Å². The third-order valence-corrected chi connectivity index (χ3v) is 5.84. The van der Waals surface area contributed by atoms with Gasteiger partial charge in [0.2, 0.25) is 0 Å². The van der Waals surface area contributed by atoms with Gasteiger partial charge < -0.3 is 19.9 Å². The van der Waals surface area contributed by atoms with Crippen LogP contribution in [-0.2, 0) is 24.2 Å². The number of aromatic nitrogens is 2. The fraction of sp³-hybridized carbons (Fsp3) is 0.571. The number of morpholine rings is 1. The normalized spacial score (nSPS) is 26.2. The third-order valence-electron chi connectivity index (χ3n) is 5.84. The van der Waals surface area contributed by atoms with Gasteiger partial charge in [-0.25, -0.2) is 4.98 Å². The molecule has 0 amide bonds. The SMILES string of the molecule is c1ccc(CCn2ccnc2CNC2CCCC2C2COCCN2)cc1. The summed E-state index contributed by atoms with van der Waals surface area (Å²) in [5, 5.41) is 7.44. The van der Waals surface area contributed by atoms with Crippen LogP contribution in [-0.4, -0.2) is 41.4 Å². The Hall–Kier alpha value is -1.69. The summed E-state index contributed by atoms with van der Waals surface area (Å²) in [6.45, 7) is 4.51. The van der Waals surface area contributed by atoms with Crippen molar-refractivity contribution >= 4 is 0 Å². The number of nitrogens with one attached hydrogen (secondary N) is 2. The van der Waals surface area contributed by atoms with Gasteiger partial charge in [0.15, 0.2) is 0 Å². The molecule has 3 atom stereocenters. The fourth-order valence-electron chi connectivity index (χ4n) is 4.41. The van der Waals surface area contributed by atoms with Gasteiger partial charge in [-0.05, 0) is 30.7 Å². The summed E-state index contributed by atoms with van der Waals surface area (Å²) >= 11 is 0. The van der Waals surface area contributed by atoms with Gasteiger partial charge in [-0.1, -0.05) is 36.8 Å². The average molecular weight is 354 g/mol. The number of imidazole rings is 1. The van der Waals surface area contributed by atoms with Gasteiger partial charge in [0.1, 0.15) is 5.82 Å². The van der Waals surface area contributed by atoms with Gasteiger partial charge in [0.25, 0.3) is 0 Å². The van der Waals surface area contributed by atoms with Gasteiger partial charge in [-0.2, -0.15) is 0 Å². The molecule has 5 nitrogen and oxygen atoms in total. The van der Waals surface area contributed by atoms with E-state index in [-0.39, 0.29) is 0 Å². The highest BCUT2D eigenvalue weighted by atomic mass is 16.5. The predicted molar refractivity (Wildman–Crippen MR) is 103 cm³/mol. The lowest BCUT2D eigenvalue weighted by atomic mass is 9.94. The van der Waals surface area contributed by atoms with Gasteiger partial charge in [-0.15, -0.1) is 0 Å². The summed E-state index contributed by atoms with van der Waals surface area (Å²) in [7, 11) is 0. The molecule has 2 fully saturated rings. The summed E-state index contributed by atoms with van der Waals surface area (Å²) in [5.74, 6) is 1.81. The Kier molecular flexibility index (Phi) is 5.99. The summed E-state index contributed by atoms with van der Waals surface area (Å²) in [5.41, 5.74) is 1.37. The zero-order valence-corrected chi connectivity index (χ0v) is 15.4. The molecular weight excluding hydrogens is 324 g/mol. The first kappa shape index (κ1) is 17.7. The van der Waals surface area contributed by atoms with Crippen molar-refractivity contribution < 1.29 is 4.74 Å². The van der Waals surface area contributed by atoms with Crippen molar-refractivity contribution in [1.29, 1.82) is 0 Å². The smallest absolute Gasteiger partial charge is 0.122 e. The van der Waals surface area contributed by atoms with Gasteiger partial charge in [0.05, 0.1) is 19.8 Å². The molecule has 1 saturated heterocycles. The topological polar surface area (TPSA) is 51.1 Å². The maximum atomic E-state index is 5.68. The van der Waals surface area contributed by atoms with E-state index in [0.717, 1.165) is 45.1 Å². The number of nitrogens with zero attached hydrogens (tertiary/aromatic N) is 2. The van der Waals surface area contributed by atoms with Crippen LogP contribution in [0.2, 0.25) is 0 Å². The average Bonchev–Trinajstić information content (AvgIpc) is 3.35. The number of hydrogen-bond donors (Lipinski definition) is 2. The highest BCUT2D eigenvalue weighted by Crippen LogP contribution is 2.29. The number of ether oxygens (including phenoxy) is 1. The molecule has 4 rings (SSSR count). The molecule has 0 radical (unpaired) electrons. The molecule has 0 bridgehead atoms. The number of aryl methyl sites for hydroxylation is 2. The maximum Gasteiger partial charge on any atom is 0.122 e. The maximum absolute atomic E-state index is 5.68. The number of benzene rings is 1. The first-order chi connectivity index (χ1) is 12.9. The van der Waals surface area contributed by atoms with Crippen molar-refractivity contribution in [2.45, 2.75) is 50.9 Å². The summed E-state index contributed by atoms with van der Waals surface area (Å²) in [4.78, 5) is 4.59. The summed E-state index contributed by atoms with van der Waals surface area (Å²) in [6.07, 6.45) is 8.92. The number of rotatable bonds is 7. The van der Waals surface area contributed by atoms with Crippen LogP contribution in [0.5, 0.6) is 0 Å². The second-order valence-electron chi connectivity index (χ2n) is 7.49. The molecule has 1 aliphatic heterocycles. The second kappa shape index (κ2) is 8.80. The van der Waals surface area contributed by atoms with E-state index in [1.807, 2.05) is 6.20 Å². The van der Waals surface area contributed by atoms with Gasteiger partial charge >= 0.3 is 0 Å². The lowest BCUT2D eigenvalue weighted by Gasteiger charge is -2.33. The standard InChI is InChI=1S/C21H30N4O/c1-2-5-17(6-3-1)9-12-25-13-10-23-21(25)15-24-19-8-4-7-18(19)20-16-26-14-11-22-20/h1-3,5-6,10,13,18-20,22,24H,4,7-9,11-12,14-16H2. The molecule has 2 heterocycles. The molecule has 1 aromatic heterocycles. The Balaban J connectivity index is 1.31. The van der Waals surface area contributed by atoms with Crippen LogP contribution in [0.3, 0.4) is 0 Å². The van der Waals surface area contributed by atoms with Crippen LogP contribution >= 0.6 is 0 Å². The minimum Gasteiger partial charge on any atom is -0.379 e. The van der Waals surface area contributed by atoms with E-state index in [1.165, 1.54) is 24.8 Å². The van der Waals surface area contributed by atoms with Crippen molar-refractivity contribution in [3.05, 3.63) is 54.1 Å². The van der Waals surface area contributed by atoms with Crippen molar-refractivity contribution in [3.8, 4) is 0 Å². The first-order valence-electron chi connectivity index (χ1n) is 9.98. The van der Waals surface area contributed by atoms with E-state index in [9.17, 15) is 0 Å². The van der Waals surface area contributed by atoms with Crippen molar-refractivity contribution in [1.82, 2.24) is 20.2 Å². The van der Waals surface area contributed by atoms with Crippen LogP contribution in [0.1, 0.15) is 30.7 Å². The molecule has 2 aliphatic rings. The largest absolute Gasteiger partial charge is 0.379 e. The molecule has 2 N–H and O–H groups in total. The Labute approximate surface area is 156 Å². The molecule has 0 spiro atoms. The van der Waals surface area contributed by atoms with Gasteiger partial charge in [-0.3, -0.25) is 0 Å². The third kappa shape index (κ3) is 4.34. The van der Waals surface area contributed by atoms with Crippen molar-refractivity contribution in [2.24, 2.45) is 5.92 Å². The minimum absolute atomic E-state index is 0.501. The van der Waals surface area contributed by atoms with E-state index in [2.05, 4.69) is 56.7 Å². The monoisotopic (exact) mass is 354 g/mol. The summed E-state index contributed by atoms with van der Waals surface area (Å²) in [6, 6.07) is 11.7. The zero-order chi connectivity index (χ0) is 17.6. The van der Waals surface area contributed by atoms with E-state index in [0.29, 0.717) is 18.0 Å². The van der Waals surface area contributed by atoms with Crippen LogP contribution in [0.15, 0.2) is 42.7 Å². The Morgan fingerprint density at radius 3 is 3.00 bits per heavy atom. The molecule has 1 saturated carbocycles. The quantitative estimate of drug-likeness (QED) is 0.802. The highest BCUT2D eigenvalue weighted by molar-refractivity contribution is 5.14. The molecule has 1 aliphatic carbocycles.